The molecule has 0 saturated heterocycles. The van der Waals surface area contributed by atoms with E-state index < -0.39 is 0 Å². The number of ether oxygens (including phenoxy) is 1. The zero-order valence-electron chi connectivity index (χ0n) is 11.8. The van der Waals surface area contributed by atoms with E-state index in [0.717, 1.165) is 11.3 Å². The summed E-state index contributed by atoms with van der Waals surface area (Å²) in [5.41, 5.74) is 0. The molecule has 0 spiro atoms. The molecule has 0 N–H and O–H groups in total. The van der Waals surface area contributed by atoms with Crippen molar-refractivity contribution in [2.45, 2.75) is 41.1 Å². The molecule has 0 heterocycles. The van der Waals surface area contributed by atoms with E-state index in [-0.39, 0.29) is 5.97 Å². The summed E-state index contributed by atoms with van der Waals surface area (Å²) in [6.07, 6.45) is 4.80. The highest BCUT2D eigenvalue weighted by Gasteiger charge is 2.27. The number of hydrogen-bond acceptors (Lipinski definition) is 4. The molecule has 1 aliphatic rings. The number of hydrogen-bond donors (Lipinski definition) is 0. The first-order valence-electron chi connectivity index (χ1n) is 6.90. The third-order valence-electron chi connectivity index (χ3n) is 3.46. The van der Waals surface area contributed by atoms with Crippen LogP contribution in [0.1, 0.15) is 25.7 Å². The molecule has 0 radical (unpaired) electrons. The predicted molar refractivity (Wildman–Crippen MR) is 92.8 cm³/mol. The zero-order valence-corrected chi connectivity index (χ0v) is 15.0. The average Bonchev–Trinajstić information content (AvgIpc) is 2.49. The predicted octanol–water partition coefficient (Wildman–Crippen LogP) is 5.30. The summed E-state index contributed by atoms with van der Waals surface area (Å²) >= 11 is 15.6. The highest BCUT2D eigenvalue weighted by Crippen LogP contribution is 2.40. The first-order chi connectivity index (χ1) is 10.1. The second kappa shape index (κ2) is 8.56. The summed E-state index contributed by atoms with van der Waals surface area (Å²) < 4.78 is 4.73. The highest BCUT2D eigenvalue weighted by atomic mass is 35.5. The number of esters is 1. The Morgan fingerprint density at radius 2 is 1.95 bits per heavy atom. The van der Waals surface area contributed by atoms with Crippen LogP contribution in [0.15, 0.2) is 23.1 Å². The summed E-state index contributed by atoms with van der Waals surface area (Å²) in [6, 6.07) is 5.77. The van der Waals surface area contributed by atoms with Gasteiger partial charge in [0, 0.05) is 15.4 Å². The molecule has 2 atom stereocenters. The van der Waals surface area contributed by atoms with E-state index in [1.165, 1.54) is 26.4 Å². The first kappa shape index (κ1) is 17.3. The maximum Gasteiger partial charge on any atom is 0.315 e. The lowest BCUT2D eigenvalue weighted by Crippen LogP contribution is -2.25. The van der Waals surface area contributed by atoms with Gasteiger partial charge >= 0.3 is 5.97 Å². The fourth-order valence-electron chi connectivity index (χ4n) is 2.35. The molecule has 1 aliphatic carbocycles. The van der Waals surface area contributed by atoms with E-state index in [9.17, 15) is 4.79 Å². The fraction of sp³-hybridized carbons (Fsp3) is 0.533. The monoisotopic (exact) mass is 364 g/mol. The second-order valence-electron chi connectivity index (χ2n) is 4.94. The number of rotatable bonds is 5. The van der Waals surface area contributed by atoms with Crippen molar-refractivity contribution in [2.75, 3.05) is 12.9 Å². The highest BCUT2D eigenvalue weighted by molar-refractivity contribution is 8.04. The largest absolute Gasteiger partial charge is 0.468 e. The van der Waals surface area contributed by atoms with Gasteiger partial charge in [-0.1, -0.05) is 36.0 Å². The quantitative estimate of drug-likeness (QED) is 0.661. The maximum absolute atomic E-state index is 11.3. The van der Waals surface area contributed by atoms with Crippen LogP contribution in [-0.2, 0) is 9.53 Å². The Labute approximate surface area is 144 Å². The molecule has 1 aromatic carbocycles. The van der Waals surface area contributed by atoms with Crippen LogP contribution in [0.2, 0.25) is 10.0 Å². The van der Waals surface area contributed by atoms with Crippen LogP contribution >= 0.6 is 46.7 Å². The maximum atomic E-state index is 11.3. The van der Waals surface area contributed by atoms with E-state index >= 15 is 0 Å². The summed E-state index contributed by atoms with van der Waals surface area (Å²) in [5.74, 6) is 0.281. The van der Waals surface area contributed by atoms with Gasteiger partial charge in [0.15, 0.2) is 0 Å². The summed E-state index contributed by atoms with van der Waals surface area (Å²) in [6.45, 7) is 0. The molecular weight excluding hydrogens is 347 g/mol. The molecule has 0 aliphatic heterocycles. The van der Waals surface area contributed by atoms with Crippen molar-refractivity contribution in [1.29, 1.82) is 0 Å². The van der Waals surface area contributed by atoms with Crippen LogP contribution < -0.4 is 0 Å². The molecule has 0 amide bonds. The third-order valence-corrected chi connectivity index (χ3v) is 7.16. The molecular formula is C15H18Cl2O2S2. The SMILES string of the molecule is COC(=O)CSC1CCCCC1Sc1ccc(Cl)c(Cl)c1. The van der Waals surface area contributed by atoms with Gasteiger partial charge in [-0.2, -0.15) is 0 Å². The van der Waals surface area contributed by atoms with Crippen LogP contribution in [0.3, 0.4) is 0 Å². The molecule has 2 unspecified atom stereocenters. The lowest BCUT2D eigenvalue weighted by atomic mass is 10.00. The van der Waals surface area contributed by atoms with Gasteiger partial charge in [0.05, 0.1) is 22.9 Å². The van der Waals surface area contributed by atoms with E-state index in [0.29, 0.717) is 26.3 Å². The average molecular weight is 365 g/mol. The number of thioether (sulfide) groups is 2. The van der Waals surface area contributed by atoms with E-state index in [2.05, 4.69) is 0 Å². The molecule has 116 valence electrons. The van der Waals surface area contributed by atoms with Crippen LogP contribution in [-0.4, -0.2) is 29.3 Å². The van der Waals surface area contributed by atoms with Crippen molar-refractivity contribution in [3.63, 3.8) is 0 Å². The number of methoxy groups -OCH3 is 1. The van der Waals surface area contributed by atoms with Crippen LogP contribution in [0.5, 0.6) is 0 Å². The Morgan fingerprint density at radius 1 is 1.24 bits per heavy atom. The van der Waals surface area contributed by atoms with E-state index in [4.69, 9.17) is 27.9 Å². The van der Waals surface area contributed by atoms with Gasteiger partial charge in [0.25, 0.3) is 0 Å². The molecule has 0 aromatic heterocycles. The van der Waals surface area contributed by atoms with E-state index in [1.54, 1.807) is 11.8 Å². The van der Waals surface area contributed by atoms with Crippen molar-refractivity contribution < 1.29 is 9.53 Å². The molecule has 1 saturated carbocycles. The number of benzene rings is 1. The Hall–Kier alpha value is -0.0300. The first-order valence-corrected chi connectivity index (χ1v) is 9.58. The molecule has 0 bridgehead atoms. The fourth-order valence-corrected chi connectivity index (χ4v) is 5.52. The number of carbonyl (C=O) groups excluding carboxylic acids is 1. The topological polar surface area (TPSA) is 26.3 Å². The Morgan fingerprint density at radius 3 is 2.62 bits per heavy atom. The molecule has 2 nitrogen and oxygen atoms in total. The van der Waals surface area contributed by atoms with Gasteiger partial charge in [0.1, 0.15) is 0 Å². The van der Waals surface area contributed by atoms with Crippen LogP contribution in [0.25, 0.3) is 0 Å². The van der Waals surface area contributed by atoms with E-state index in [1.807, 2.05) is 30.0 Å². The lowest BCUT2D eigenvalue weighted by molar-refractivity contribution is -0.137. The lowest BCUT2D eigenvalue weighted by Gasteiger charge is -2.30. The minimum Gasteiger partial charge on any atom is -0.468 e. The Bertz CT molecular complexity index is 497. The Balaban J connectivity index is 1.97. The molecule has 21 heavy (non-hydrogen) atoms. The minimum atomic E-state index is -0.149. The summed E-state index contributed by atoms with van der Waals surface area (Å²) in [7, 11) is 1.44. The van der Waals surface area contributed by atoms with Crippen molar-refractivity contribution in [1.82, 2.24) is 0 Å². The Kier molecular flexibility index (Phi) is 7.06. The van der Waals surface area contributed by atoms with Gasteiger partial charge in [-0.15, -0.1) is 23.5 Å². The number of carbonyl (C=O) groups is 1. The zero-order chi connectivity index (χ0) is 15.2. The summed E-state index contributed by atoms with van der Waals surface area (Å²) in [5, 5.41) is 2.17. The van der Waals surface area contributed by atoms with Crippen LogP contribution in [0, 0.1) is 0 Å². The van der Waals surface area contributed by atoms with Gasteiger partial charge in [-0.05, 0) is 31.0 Å². The van der Waals surface area contributed by atoms with Crippen molar-refractivity contribution in [3.05, 3.63) is 28.2 Å². The normalized spacial score (nSPS) is 22.0. The molecule has 1 aromatic rings. The molecule has 2 rings (SSSR count). The van der Waals surface area contributed by atoms with Crippen LogP contribution in [0.4, 0.5) is 0 Å². The van der Waals surface area contributed by atoms with Gasteiger partial charge < -0.3 is 4.74 Å². The molecule has 1 fully saturated rings. The van der Waals surface area contributed by atoms with Gasteiger partial charge in [0.2, 0.25) is 0 Å². The van der Waals surface area contributed by atoms with Gasteiger partial charge in [-0.25, -0.2) is 0 Å². The van der Waals surface area contributed by atoms with Crippen molar-refractivity contribution >= 4 is 52.7 Å². The summed E-state index contributed by atoms with van der Waals surface area (Å²) in [4.78, 5) is 12.5. The minimum absolute atomic E-state index is 0.149. The number of halogens is 2. The van der Waals surface area contributed by atoms with Crippen molar-refractivity contribution in [2.24, 2.45) is 0 Å². The van der Waals surface area contributed by atoms with Gasteiger partial charge in [-0.3, -0.25) is 4.79 Å². The third kappa shape index (κ3) is 5.27. The molecule has 6 heteroatoms. The second-order valence-corrected chi connectivity index (χ2v) is 8.30. The standard InChI is InChI=1S/C15H18Cl2O2S2/c1-19-15(18)9-20-13-4-2-3-5-14(13)21-10-6-7-11(16)12(17)8-10/h6-8,13-14H,2-5,9H2,1H3. The smallest absolute Gasteiger partial charge is 0.315 e. The van der Waals surface area contributed by atoms with Crippen molar-refractivity contribution in [3.8, 4) is 0 Å².